The third-order valence-electron chi connectivity index (χ3n) is 10.5. The maximum atomic E-state index is 5.34. The van der Waals surface area contributed by atoms with Gasteiger partial charge in [0.1, 0.15) is 0 Å². The van der Waals surface area contributed by atoms with E-state index in [1.54, 1.807) is 0 Å². The molecule has 0 N–H and O–H groups in total. The lowest BCUT2D eigenvalue weighted by Crippen LogP contribution is -2.14. The summed E-state index contributed by atoms with van der Waals surface area (Å²) in [6, 6.07) is 67.6. The Kier molecular flexibility index (Phi) is 7.38. The third kappa shape index (κ3) is 5.35. The van der Waals surface area contributed by atoms with Gasteiger partial charge in [-0.05, 0) is 70.4 Å². The van der Waals surface area contributed by atoms with Crippen LogP contribution < -0.4 is 4.90 Å². The van der Waals surface area contributed by atoms with E-state index in [0.29, 0.717) is 17.5 Å². The standard InChI is InChI=1S/C50H32N6/c1-3-15-33(16-4-1)47-52-48(34-17-5-2-6-18-34)54-49(53-47)39-23-13-21-35(29-39)36-22-14-24-40(30-36)55-44-27-11-9-25-41(44)42-31-37-19-7-8-20-38(37)32-46(42)56-45-28-12-10-26-43(45)51-50(55)56/h1-32H. The molecule has 0 spiro atoms. The molecule has 6 heteroatoms. The summed E-state index contributed by atoms with van der Waals surface area (Å²) in [5.74, 6) is 2.73. The van der Waals surface area contributed by atoms with Gasteiger partial charge in [-0.3, -0.25) is 9.47 Å². The Bertz CT molecular complexity index is 3040. The second kappa shape index (κ2) is 13.0. The second-order valence-corrected chi connectivity index (χ2v) is 14.0. The highest BCUT2D eigenvalue weighted by Crippen LogP contribution is 2.49. The van der Waals surface area contributed by atoms with Crippen molar-refractivity contribution in [3.05, 3.63) is 194 Å². The van der Waals surface area contributed by atoms with E-state index < -0.39 is 0 Å². The van der Waals surface area contributed by atoms with Crippen molar-refractivity contribution in [1.29, 1.82) is 0 Å². The van der Waals surface area contributed by atoms with Crippen LogP contribution in [0.2, 0.25) is 0 Å². The fourth-order valence-corrected chi connectivity index (χ4v) is 7.89. The van der Waals surface area contributed by atoms with E-state index in [4.69, 9.17) is 19.9 Å². The van der Waals surface area contributed by atoms with Crippen LogP contribution in [0.3, 0.4) is 0 Å². The van der Waals surface area contributed by atoms with Crippen molar-refractivity contribution in [3.8, 4) is 62.1 Å². The first-order valence-corrected chi connectivity index (χ1v) is 18.7. The number of para-hydroxylation sites is 3. The van der Waals surface area contributed by atoms with Crippen LogP contribution >= 0.6 is 0 Å². The topological polar surface area (TPSA) is 59.7 Å². The minimum Gasteiger partial charge on any atom is -0.280 e. The van der Waals surface area contributed by atoms with Crippen molar-refractivity contribution in [2.75, 3.05) is 4.90 Å². The molecule has 2 aromatic heterocycles. The molecule has 11 rings (SSSR count). The highest BCUT2D eigenvalue weighted by Gasteiger charge is 2.29. The summed E-state index contributed by atoms with van der Waals surface area (Å²) in [5, 5.41) is 2.39. The van der Waals surface area contributed by atoms with Gasteiger partial charge >= 0.3 is 0 Å². The first-order chi connectivity index (χ1) is 27.7. The molecule has 6 nitrogen and oxygen atoms in total. The molecule has 262 valence electrons. The van der Waals surface area contributed by atoms with Crippen LogP contribution in [0.5, 0.6) is 0 Å². The van der Waals surface area contributed by atoms with Gasteiger partial charge in [-0.15, -0.1) is 0 Å². The van der Waals surface area contributed by atoms with Gasteiger partial charge in [0, 0.05) is 33.5 Å². The number of rotatable bonds is 5. The Balaban J connectivity index is 1.07. The number of aromatic nitrogens is 5. The number of anilines is 3. The zero-order chi connectivity index (χ0) is 37.0. The van der Waals surface area contributed by atoms with Crippen LogP contribution in [0.15, 0.2) is 194 Å². The SMILES string of the molecule is c1ccc(-c2nc(-c3ccccc3)nc(-c3cccc(-c4cccc(N5c6ccccc6-c6cc7ccccc7cc6-n6c5nc5ccccc56)c4)c3)n2)cc1. The van der Waals surface area contributed by atoms with Gasteiger partial charge in [0.05, 0.1) is 22.4 Å². The number of benzene rings is 8. The van der Waals surface area contributed by atoms with Gasteiger partial charge in [-0.2, -0.15) is 0 Å². The van der Waals surface area contributed by atoms with Gasteiger partial charge in [0.2, 0.25) is 5.95 Å². The second-order valence-electron chi connectivity index (χ2n) is 14.0. The number of imidazole rings is 1. The summed E-state index contributed by atoms with van der Waals surface area (Å²) >= 11 is 0. The summed E-state index contributed by atoms with van der Waals surface area (Å²) in [7, 11) is 0. The molecule has 1 aliphatic heterocycles. The Morgan fingerprint density at radius 2 is 0.893 bits per heavy atom. The van der Waals surface area contributed by atoms with Gasteiger partial charge < -0.3 is 0 Å². The van der Waals surface area contributed by atoms with E-state index in [9.17, 15) is 0 Å². The largest absolute Gasteiger partial charge is 0.280 e. The molecule has 1 aliphatic rings. The predicted molar refractivity (Wildman–Crippen MR) is 227 cm³/mol. The lowest BCUT2D eigenvalue weighted by Gasteiger charge is -2.25. The first kappa shape index (κ1) is 31.8. The molecule has 0 fully saturated rings. The van der Waals surface area contributed by atoms with Crippen molar-refractivity contribution < 1.29 is 0 Å². The average molecular weight is 717 g/mol. The lowest BCUT2D eigenvalue weighted by molar-refractivity contribution is 1.05. The van der Waals surface area contributed by atoms with E-state index in [1.165, 1.54) is 10.8 Å². The van der Waals surface area contributed by atoms with E-state index in [-0.39, 0.29) is 0 Å². The molecule has 0 radical (unpaired) electrons. The van der Waals surface area contributed by atoms with E-state index in [1.807, 2.05) is 60.7 Å². The number of hydrogen-bond donors (Lipinski definition) is 0. The molecule has 56 heavy (non-hydrogen) atoms. The van der Waals surface area contributed by atoms with Crippen LogP contribution in [0.25, 0.3) is 83.9 Å². The molecule has 0 saturated heterocycles. The molecule has 0 amide bonds. The molecule has 0 bridgehead atoms. The maximum absolute atomic E-state index is 5.34. The first-order valence-electron chi connectivity index (χ1n) is 18.7. The van der Waals surface area contributed by atoms with Crippen molar-refractivity contribution in [1.82, 2.24) is 24.5 Å². The molecular weight excluding hydrogens is 685 g/mol. The fraction of sp³-hybridized carbons (Fsp3) is 0. The Hall–Kier alpha value is -7.70. The molecule has 10 aromatic rings. The van der Waals surface area contributed by atoms with E-state index in [0.717, 1.165) is 73.0 Å². The fourth-order valence-electron chi connectivity index (χ4n) is 7.89. The summed E-state index contributed by atoms with van der Waals surface area (Å²) < 4.78 is 2.32. The van der Waals surface area contributed by atoms with Gasteiger partial charge in [-0.25, -0.2) is 19.9 Å². The maximum Gasteiger partial charge on any atom is 0.220 e. The van der Waals surface area contributed by atoms with E-state index >= 15 is 0 Å². The van der Waals surface area contributed by atoms with E-state index in [2.05, 4.69) is 143 Å². The van der Waals surface area contributed by atoms with Gasteiger partial charge in [0.15, 0.2) is 17.5 Å². The molecule has 3 heterocycles. The molecular formula is C50H32N6. The highest BCUT2D eigenvalue weighted by molar-refractivity contribution is 6.01. The average Bonchev–Trinajstić information content (AvgIpc) is 3.60. The number of hydrogen-bond acceptors (Lipinski definition) is 5. The smallest absolute Gasteiger partial charge is 0.220 e. The summed E-state index contributed by atoms with van der Waals surface area (Å²) in [6.45, 7) is 0. The zero-order valence-corrected chi connectivity index (χ0v) is 30.2. The Labute approximate surface area is 323 Å². The van der Waals surface area contributed by atoms with Crippen LogP contribution in [0.4, 0.5) is 17.3 Å². The predicted octanol–water partition coefficient (Wildman–Crippen LogP) is 12.5. The molecule has 0 unspecified atom stereocenters. The van der Waals surface area contributed by atoms with Crippen LogP contribution in [-0.2, 0) is 0 Å². The molecule has 8 aromatic carbocycles. The van der Waals surface area contributed by atoms with Crippen LogP contribution in [-0.4, -0.2) is 24.5 Å². The Morgan fingerprint density at radius 1 is 0.339 bits per heavy atom. The van der Waals surface area contributed by atoms with Gasteiger partial charge in [0.25, 0.3) is 0 Å². The zero-order valence-electron chi connectivity index (χ0n) is 30.2. The quantitative estimate of drug-likeness (QED) is 0.177. The van der Waals surface area contributed by atoms with Crippen molar-refractivity contribution >= 4 is 39.1 Å². The molecule has 0 saturated carbocycles. The number of nitrogens with zero attached hydrogens (tertiary/aromatic N) is 6. The van der Waals surface area contributed by atoms with Gasteiger partial charge in [-0.1, -0.05) is 146 Å². The summed E-state index contributed by atoms with van der Waals surface area (Å²) in [6.07, 6.45) is 0. The third-order valence-corrected chi connectivity index (χ3v) is 10.5. The normalized spacial score (nSPS) is 11.9. The van der Waals surface area contributed by atoms with Crippen molar-refractivity contribution in [2.45, 2.75) is 0 Å². The number of fused-ring (bicyclic) bond motifs is 8. The minimum absolute atomic E-state index is 0.621. The Morgan fingerprint density at radius 3 is 1.64 bits per heavy atom. The van der Waals surface area contributed by atoms with Crippen LogP contribution in [0, 0.1) is 0 Å². The molecule has 0 atom stereocenters. The minimum atomic E-state index is 0.621. The van der Waals surface area contributed by atoms with Crippen LogP contribution in [0.1, 0.15) is 0 Å². The monoisotopic (exact) mass is 716 g/mol. The molecule has 0 aliphatic carbocycles. The summed E-state index contributed by atoms with van der Waals surface area (Å²) in [5.41, 5.74) is 12.4. The van der Waals surface area contributed by atoms with Crippen molar-refractivity contribution in [3.63, 3.8) is 0 Å². The van der Waals surface area contributed by atoms with Crippen molar-refractivity contribution in [2.24, 2.45) is 0 Å². The summed E-state index contributed by atoms with van der Waals surface area (Å²) in [4.78, 5) is 22.5. The lowest BCUT2D eigenvalue weighted by atomic mass is 9.97. The highest BCUT2D eigenvalue weighted by atomic mass is 15.3.